The third-order valence-electron chi connectivity index (χ3n) is 6.68. The van der Waals surface area contributed by atoms with E-state index in [1.807, 2.05) is 30.3 Å². The van der Waals surface area contributed by atoms with Crippen LogP contribution in [-0.4, -0.2) is 11.9 Å². The van der Waals surface area contributed by atoms with Gasteiger partial charge in [-0.2, -0.15) is 0 Å². The van der Waals surface area contributed by atoms with Gasteiger partial charge in [-0.3, -0.25) is 0 Å². The van der Waals surface area contributed by atoms with Gasteiger partial charge in [-0.15, -0.1) is 0 Å². The molecular formula is C36H50O4S. The standard InChI is InChI=1S/C36H50O4S/c1-23(2)31(37)39-26-16-17-27(36(13,14)22-34(8,9)10)29(20-26)41-30-19-25(35(11,12)21-33(5,6)7)15-18-28(30)40-32(38)24(3)4/h15-20H,1,3,21-22H2,2,4-14H3. The molecular weight excluding hydrogens is 528 g/mol. The van der Waals surface area contributed by atoms with E-state index in [4.69, 9.17) is 9.47 Å². The van der Waals surface area contributed by atoms with E-state index in [2.05, 4.69) is 88.5 Å². The van der Waals surface area contributed by atoms with Crippen LogP contribution in [0.15, 0.2) is 70.5 Å². The largest absolute Gasteiger partial charge is 0.423 e. The van der Waals surface area contributed by atoms with Crippen molar-refractivity contribution in [1.29, 1.82) is 0 Å². The van der Waals surface area contributed by atoms with Crippen LogP contribution in [0.25, 0.3) is 0 Å². The summed E-state index contributed by atoms with van der Waals surface area (Å²) in [6.07, 6.45) is 1.92. The molecule has 0 bridgehead atoms. The topological polar surface area (TPSA) is 52.6 Å². The number of benzene rings is 2. The van der Waals surface area contributed by atoms with Crippen LogP contribution >= 0.6 is 11.8 Å². The van der Waals surface area contributed by atoms with Gasteiger partial charge < -0.3 is 9.47 Å². The Labute approximate surface area is 253 Å². The molecule has 0 N–H and O–H groups in total. The van der Waals surface area contributed by atoms with E-state index < -0.39 is 11.9 Å². The molecule has 224 valence electrons. The maximum atomic E-state index is 12.6. The number of hydrogen-bond acceptors (Lipinski definition) is 5. The van der Waals surface area contributed by atoms with Crippen molar-refractivity contribution in [3.8, 4) is 11.5 Å². The van der Waals surface area contributed by atoms with Gasteiger partial charge in [-0.05, 0) is 83.7 Å². The predicted octanol–water partition coefficient (Wildman–Crippen LogP) is 10.2. The second-order valence-corrected chi connectivity index (χ2v) is 16.1. The van der Waals surface area contributed by atoms with E-state index in [1.54, 1.807) is 13.8 Å². The van der Waals surface area contributed by atoms with Crippen LogP contribution in [-0.2, 0) is 20.4 Å². The van der Waals surface area contributed by atoms with Gasteiger partial charge in [0.05, 0.1) is 4.90 Å². The molecule has 0 aliphatic rings. The molecule has 0 fully saturated rings. The molecule has 2 aromatic rings. The van der Waals surface area contributed by atoms with Crippen molar-refractivity contribution in [2.45, 2.75) is 117 Å². The smallest absolute Gasteiger partial charge is 0.338 e. The second-order valence-electron chi connectivity index (χ2n) is 15.0. The number of rotatable bonds is 10. The third kappa shape index (κ3) is 10.2. The van der Waals surface area contributed by atoms with Gasteiger partial charge in [0, 0.05) is 16.0 Å². The summed E-state index contributed by atoms with van der Waals surface area (Å²) >= 11 is 1.52. The van der Waals surface area contributed by atoms with E-state index in [1.165, 1.54) is 11.8 Å². The minimum Gasteiger partial charge on any atom is -0.423 e. The summed E-state index contributed by atoms with van der Waals surface area (Å²) in [5.74, 6) is -0.0154. The Hall–Kier alpha value is -2.79. The number of hydrogen-bond donors (Lipinski definition) is 0. The van der Waals surface area contributed by atoms with Crippen molar-refractivity contribution >= 4 is 23.7 Å². The lowest BCUT2D eigenvalue weighted by molar-refractivity contribution is -0.131. The van der Waals surface area contributed by atoms with E-state index in [9.17, 15) is 9.59 Å². The highest BCUT2D eigenvalue weighted by atomic mass is 32.2. The number of carbonyl (C=O) groups excluding carboxylic acids is 2. The molecule has 0 saturated carbocycles. The van der Waals surface area contributed by atoms with E-state index in [-0.39, 0.29) is 21.7 Å². The Bertz CT molecular complexity index is 1320. The summed E-state index contributed by atoms with van der Waals surface area (Å²) in [6, 6.07) is 11.9. The highest BCUT2D eigenvalue weighted by Gasteiger charge is 2.32. The van der Waals surface area contributed by atoms with Gasteiger partial charge in [0.2, 0.25) is 0 Å². The minimum absolute atomic E-state index is 0.0929. The second kappa shape index (κ2) is 12.6. The molecule has 2 rings (SSSR count). The van der Waals surface area contributed by atoms with Crippen molar-refractivity contribution in [3.05, 3.63) is 71.8 Å². The summed E-state index contributed by atoms with van der Waals surface area (Å²) in [6.45, 7) is 33.2. The zero-order valence-corrected chi connectivity index (χ0v) is 28.2. The first kappa shape index (κ1) is 34.4. The molecule has 0 saturated heterocycles. The Morgan fingerprint density at radius 2 is 1.20 bits per heavy atom. The van der Waals surface area contributed by atoms with Crippen LogP contribution in [0, 0.1) is 10.8 Å². The Kier molecular flexibility index (Phi) is 10.6. The molecule has 0 aromatic heterocycles. The van der Waals surface area contributed by atoms with Crippen LogP contribution in [0.4, 0.5) is 0 Å². The highest BCUT2D eigenvalue weighted by Crippen LogP contribution is 2.47. The molecule has 0 radical (unpaired) electrons. The number of ether oxygens (including phenoxy) is 2. The molecule has 5 heteroatoms. The van der Waals surface area contributed by atoms with Crippen molar-refractivity contribution in [3.63, 3.8) is 0 Å². The first-order valence-electron chi connectivity index (χ1n) is 14.2. The highest BCUT2D eigenvalue weighted by molar-refractivity contribution is 7.99. The van der Waals surface area contributed by atoms with Crippen LogP contribution in [0.3, 0.4) is 0 Å². The molecule has 41 heavy (non-hydrogen) atoms. The molecule has 0 heterocycles. The Morgan fingerprint density at radius 3 is 1.71 bits per heavy atom. The van der Waals surface area contributed by atoms with Gasteiger partial charge in [0.15, 0.2) is 0 Å². The average molecular weight is 579 g/mol. The van der Waals surface area contributed by atoms with Crippen molar-refractivity contribution in [2.75, 3.05) is 0 Å². The molecule has 0 atom stereocenters. The van der Waals surface area contributed by atoms with E-state index in [0.29, 0.717) is 22.6 Å². The molecule has 0 amide bonds. The quantitative estimate of drug-likeness (QED) is 0.159. The van der Waals surface area contributed by atoms with Crippen molar-refractivity contribution in [1.82, 2.24) is 0 Å². The number of esters is 2. The van der Waals surface area contributed by atoms with Crippen molar-refractivity contribution in [2.24, 2.45) is 10.8 Å². The van der Waals surface area contributed by atoms with E-state index >= 15 is 0 Å². The average Bonchev–Trinajstić information content (AvgIpc) is 2.76. The zero-order valence-electron chi connectivity index (χ0n) is 27.3. The molecule has 0 unspecified atom stereocenters. The fourth-order valence-corrected chi connectivity index (χ4v) is 6.91. The summed E-state index contributed by atoms with van der Waals surface area (Å²) in [5.41, 5.74) is 2.88. The number of carbonyl (C=O) groups is 2. The summed E-state index contributed by atoms with van der Waals surface area (Å²) in [5, 5.41) is 0. The van der Waals surface area contributed by atoms with Gasteiger partial charge in [0.25, 0.3) is 0 Å². The summed E-state index contributed by atoms with van der Waals surface area (Å²) in [4.78, 5) is 26.7. The first-order chi connectivity index (χ1) is 18.5. The van der Waals surface area contributed by atoms with Crippen LogP contribution in [0.2, 0.25) is 0 Å². The first-order valence-corrected chi connectivity index (χ1v) is 15.0. The fraction of sp³-hybridized carbons (Fsp3) is 0.500. The van der Waals surface area contributed by atoms with Crippen LogP contribution in [0.1, 0.15) is 107 Å². The van der Waals surface area contributed by atoms with Gasteiger partial charge in [-0.1, -0.05) is 106 Å². The third-order valence-corrected chi connectivity index (χ3v) is 7.78. The molecule has 0 aliphatic carbocycles. The monoisotopic (exact) mass is 578 g/mol. The normalized spacial score (nSPS) is 12.6. The predicted molar refractivity (Wildman–Crippen MR) is 172 cm³/mol. The van der Waals surface area contributed by atoms with E-state index in [0.717, 1.165) is 33.8 Å². The Morgan fingerprint density at radius 1 is 0.683 bits per heavy atom. The molecule has 0 spiro atoms. The molecule has 2 aromatic carbocycles. The lowest BCUT2D eigenvalue weighted by atomic mass is 9.72. The molecule has 4 nitrogen and oxygen atoms in total. The minimum atomic E-state index is -0.468. The van der Waals surface area contributed by atoms with Gasteiger partial charge >= 0.3 is 11.9 Å². The van der Waals surface area contributed by atoms with Gasteiger partial charge in [0.1, 0.15) is 11.5 Å². The Balaban J connectivity index is 2.76. The maximum Gasteiger partial charge on any atom is 0.338 e. The summed E-state index contributed by atoms with van der Waals surface area (Å²) < 4.78 is 11.5. The lowest BCUT2D eigenvalue weighted by Crippen LogP contribution is -2.25. The van der Waals surface area contributed by atoms with Gasteiger partial charge in [-0.25, -0.2) is 9.59 Å². The van der Waals surface area contributed by atoms with Crippen molar-refractivity contribution < 1.29 is 19.1 Å². The zero-order chi connectivity index (χ0) is 31.6. The maximum absolute atomic E-state index is 12.6. The molecule has 0 aliphatic heterocycles. The SMILES string of the molecule is C=C(C)C(=O)Oc1ccc(C(C)(C)CC(C)(C)C)c(Sc2cc(C(C)(C)CC(C)(C)C)ccc2OC(=O)C(=C)C)c1. The van der Waals surface area contributed by atoms with Crippen LogP contribution in [0.5, 0.6) is 11.5 Å². The van der Waals surface area contributed by atoms with Crippen LogP contribution < -0.4 is 9.47 Å². The fourth-order valence-electron chi connectivity index (χ4n) is 5.65. The summed E-state index contributed by atoms with van der Waals surface area (Å²) in [7, 11) is 0. The lowest BCUT2D eigenvalue weighted by Gasteiger charge is -2.35.